The van der Waals surface area contributed by atoms with Crippen LogP contribution in [0.3, 0.4) is 0 Å². The van der Waals surface area contributed by atoms with E-state index in [1.54, 1.807) is 12.4 Å². The molecule has 0 saturated heterocycles. The Labute approximate surface area is 123 Å². The van der Waals surface area contributed by atoms with E-state index < -0.39 is 0 Å². The average molecular weight is 284 g/mol. The molecule has 0 spiro atoms. The Hall–Kier alpha value is -2.27. The Morgan fingerprint density at radius 1 is 1.25 bits per heavy atom. The quantitative estimate of drug-likeness (QED) is 0.517. The van der Waals surface area contributed by atoms with E-state index >= 15 is 0 Å². The van der Waals surface area contributed by atoms with Crippen molar-refractivity contribution >= 4 is 29.2 Å². The van der Waals surface area contributed by atoms with Gasteiger partial charge in [0.15, 0.2) is 5.11 Å². The molecular formula is C15H16N4S. The lowest BCUT2D eigenvalue weighted by atomic mass is 10.1. The summed E-state index contributed by atoms with van der Waals surface area (Å²) in [5.41, 5.74) is 6.88. The molecule has 102 valence electrons. The van der Waals surface area contributed by atoms with E-state index in [-0.39, 0.29) is 0 Å². The van der Waals surface area contributed by atoms with Gasteiger partial charge >= 0.3 is 0 Å². The number of aryl methyl sites for hydroxylation is 2. The van der Waals surface area contributed by atoms with Crippen molar-refractivity contribution in [1.29, 1.82) is 0 Å². The summed E-state index contributed by atoms with van der Waals surface area (Å²) < 4.78 is 0. The zero-order valence-corrected chi connectivity index (χ0v) is 12.2. The van der Waals surface area contributed by atoms with Crippen molar-refractivity contribution in [3.8, 4) is 0 Å². The van der Waals surface area contributed by atoms with Gasteiger partial charge in [0.1, 0.15) is 0 Å². The van der Waals surface area contributed by atoms with Crippen molar-refractivity contribution in [3.05, 3.63) is 59.4 Å². The van der Waals surface area contributed by atoms with Crippen LogP contribution in [0.15, 0.2) is 47.7 Å². The predicted octanol–water partition coefficient (Wildman–Crippen LogP) is 3.02. The maximum absolute atomic E-state index is 5.19. The molecule has 0 bridgehead atoms. The molecule has 0 aliphatic carbocycles. The highest BCUT2D eigenvalue weighted by Crippen LogP contribution is 2.15. The van der Waals surface area contributed by atoms with Gasteiger partial charge in [0.05, 0.1) is 11.9 Å². The third-order valence-corrected chi connectivity index (χ3v) is 2.87. The van der Waals surface area contributed by atoms with Gasteiger partial charge in [0.2, 0.25) is 0 Å². The second-order valence-corrected chi connectivity index (χ2v) is 4.81. The first-order chi connectivity index (χ1) is 9.65. The smallest absolute Gasteiger partial charge is 0.191 e. The van der Waals surface area contributed by atoms with Gasteiger partial charge in [-0.15, -0.1) is 0 Å². The van der Waals surface area contributed by atoms with Crippen molar-refractivity contribution in [2.24, 2.45) is 5.10 Å². The molecule has 0 atom stereocenters. The highest BCUT2D eigenvalue weighted by atomic mass is 32.1. The highest BCUT2D eigenvalue weighted by Gasteiger charge is 2.00. The minimum atomic E-state index is 0.448. The molecule has 0 saturated carbocycles. The fourth-order valence-corrected chi connectivity index (χ4v) is 1.88. The lowest BCUT2D eigenvalue weighted by Gasteiger charge is -2.10. The minimum Gasteiger partial charge on any atom is -0.331 e. The van der Waals surface area contributed by atoms with Gasteiger partial charge in [-0.3, -0.25) is 10.4 Å². The van der Waals surface area contributed by atoms with Gasteiger partial charge in [0.25, 0.3) is 0 Å². The zero-order valence-electron chi connectivity index (χ0n) is 11.4. The van der Waals surface area contributed by atoms with Crippen LogP contribution in [0, 0.1) is 13.8 Å². The van der Waals surface area contributed by atoms with E-state index in [0.29, 0.717) is 5.11 Å². The van der Waals surface area contributed by atoms with Gasteiger partial charge < -0.3 is 5.32 Å². The van der Waals surface area contributed by atoms with Gasteiger partial charge in [-0.1, -0.05) is 23.8 Å². The molecule has 20 heavy (non-hydrogen) atoms. The number of hydrogen-bond donors (Lipinski definition) is 2. The van der Waals surface area contributed by atoms with Crippen molar-refractivity contribution in [2.45, 2.75) is 13.8 Å². The molecule has 1 aromatic carbocycles. The summed E-state index contributed by atoms with van der Waals surface area (Å²) in [4.78, 5) is 4.13. The molecule has 2 N–H and O–H groups in total. The van der Waals surface area contributed by atoms with Crippen LogP contribution < -0.4 is 10.7 Å². The van der Waals surface area contributed by atoms with Crippen LogP contribution in [-0.4, -0.2) is 16.3 Å². The van der Waals surface area contributed by atoms with Crippen LogP contribution in [0.4, 0.5) is 5.69 Å². The normalized spacial score (nSPS) is 10.5. The maximum atomic E-state index is 5.19. The number of rotatable bonds is 3. The van der Waals surface area contributed by atoms with Crippen LogP contribution in [0.5, 0.6) is 0 Å². The van der Waals surface area contributed by atoms with Crippen molar-refractivity contribution in [1.82, 2.24) is 10.4 Å². The molecule has 0 amide bonds. The third kappa shape index (κ3) is 4.13. The standard InChI is InChI=1S/C15H16N4S/c1-11-6-7-14(12(2)9-11)18-15(20)19-17-10-13-5-3-4-8-16-13/h3-10H,1-2H3,(H2,18,19,20)/b17-10+. The molecular weight excluding hydrogens is 268 g/mol. The molecule has 1 heterocycles. The SMILES string of the molecule is Cc1ccc(NC(=S)N/N=C/c2ccccn2)c(C)c1. The summed E-state index contributed by atoms with van der Waals surface area (Å²) in [6.07, 6.45) is 3.34. The summed E-state index contributed by atoms with van der Waals surface area (Å²) in [6.45, 7) is 4.10. The molecule has 2 rings (SSSR count). The fraction of sp³-hybridized carbons (Fsp3) is 0.133. The fourth-order valence-electron chi connectivity index (χ4n) is 1.71. The molecule has 0 fully saturated rings. The van der Waals surface area contributed by atoms with E-state index in [1.165, 1.54) is 5.56 Å². The van der Waals surface area contributed by atoms with Crippen molar-refractivity contribution < 1.29 is 0 Å². The van der Waals surface area contributed by atoms with Crippen LogP contribution in [0.25, 0.3) is 0 Å². The van der Waals surface area contributed by atoms with Crippen LogP contribution in [0.1, 0.15) is 16.8 Å². The van der Waals surface area contributed by atoms with E-state index in [4.69, 9.17) is 12.2 Å². The second-order valence-electron chi connectivity index (χ2n) is 4.40. The predicted molar refractivity (Wildman–Crippen MR) is 87.1 cm³/mol. The number of pyridine rings is 1. The molecule has 0 aliphatic rings. The first kappa shape index (κ1) is 14.1. The number of benzene rings is 1. The van der Waals surface area contributed by atoms with Crippen LogP contribution in [-0.2, 0) is 0 Å². The summed E-state index contributed by atoms with van der Waals surface area (Å²) in [5, 5.41) is 7.60. The van der Waals surface area contributed by atoms with Gasteiger partial charge in [-0.25, -0.2) is 0 Å². The molecule has 0 radical (unpaired) electrons. The second kappa shape index (κ2) is 6.77. The van der Waals surface area contributed by atoms with Gasteiger partial charge in [-0.05, 0) is 49.8 Å². The van der Waals surface area contributed by atoms with E-state index in [1.807, 2.05) is 37.3 Å². The first-order valence-electron chi connectivity index (χ1n) is 6.23. The first-order valence-corrected chi connectivity index (χ1v) is 6.64. The van der Waals surface area contributed by atoms with Crippen LogP contribution >= 0.6 is 12.2 Å². The average Bonchev–Trinajstić information content (AvgIpc) is 2.43. The number of thiocarbonyl (C=S) groups is 1. The Bertz CT molecular complexity index is 623. The summed E-state index contributed by atoms with van der Waals surface area (Å²) in [5.74, 6) is 0. The summed E-state index contributed by atoms with van der Waals surface area (Å²) in [7, 11) is 0. The number of nitrogens with zero attached hydrogens (tertiary/aromatic N) is 2. The largest absolute Gasteiger partial charge is 0.331 e. The molecule has 0 unspecified atom stereocenters. The number of nitrogens with one attached hydrogen (secondary N) is 2. The Balaban J connectivity index is 1.91. The molecule has 4 nitrogen and oxygen atoms in total. The lowest BCUT2D eigenvalue weighted by Crippen LogP contribution is -2.24. The lowest BCUT2D eigenvalue weighted by molar-refractivity contribution is 1.05. The topological polar surface area (TPSA) is 49.3 Å². The third-order valence-electron chi connectivity index (χ3n) is 2.68. The summed E-state index contributed by atoms with van der Waals surface area (Å²) >= 11 is 5.19. The number of hydrogen-bond acceptors (Lipinski definition) is 3. The molecule has 5 heteroatoms. The van der Waals surface area contributed by atoms with E-state index in [0.717, 1.165) is 16.9 Å². The van der Waals surface area contributed by atoms with Gasteiger partial charge in [0, 0.05) is 11.9 Å². The monoisotopic (exact) mass is 284 g/mol. The van der Waals surface area contributed by atoms with Crippen molar-refractivity contribution in [3.63, 3.8) is 0 Å². The molecule has 2 aromatic rings. The number of anilines is 1. The van der Waals surface area contributed by atoms with Crippen LogP contribution in [0.2, 0.25) is 0 Å². The Morgan fingerprint density at radius 3 is 2.80 bits per heavy atom. The Kier molecular flexibility index (Phi) is 4.79. The number of aromatic nitrogens is 1. The summed E-state index contributed by atoms with van der Waals surface area (Å²) in [6, 6.07) is 11.8. The Morgan fingerprint density at radius 2 is 2.10 bits per heavy atom. The highest BCUT2D eigenvalue weighted by molar-refractivity contribution is 7.80. The van der Waals surface area contributed by atoms with Crippen molar-refractivity contribution in [2.75, 3.05) is 5.32 Å². The number of hydrazone groups is 1. The maximum Gasteiger partial charge on any atom is 0.191 e. The molecule has 1 aromatic heterocycles. The minimum absolute atomic E-state index is 0.448. The van der Waals surface area contributed by atoms with E-state index in [9.17, 15) is 0 Å². The van der Waals surface area contributed by atoms with Gasteiger partial charge in [-0.2, -0.15) is 5.10 Å². The van der Waals surface area contributed by atoms with E-state index in [2.05, 4.69) is 33.8 Å². The molecule has 0 aliphatic heterocycles. The zero-order chi connectivity index (χ0) is 14.4.